The van der Waals surface area contributed by atoms with Gasteiger partial charge in [0, 0.05) is 12.6 Å². The maximum atomic E-state index is 13.4. The second kappa shape index (κ2) is 4.84. The zero-order valence-electron chi connectivity index (χ0n) is 9.37. The third-order valence-corrected chi connectivity index (χ3v) is 3.44. The molecule has 2 nitrogen and oxygen atoms in total. The standard InChI is InChI=1S/C13H12BrFN2/c1-8-5-10(13(16)17-7-8)6-9-3-2-4-11(15)12(9)14/h2-5,7H,6H2,1H3,(H2,16,17). The summed E-state index contributed by atoms with van der Waals surface area (Å²) in [6, 6.07) is 6.95. The topological polar surface area (TPSA) is 38.9 Å². The number of aromatic nitrogens is 1. The second-order valence-corrected chi connectivity index (χ2v) is 4.74. The number of nitrogen functional groups attached to an aromatic ring is 1. The molecule has 0 unspecified atom stereocenters. The Hall–Kier alpha value is -1.42. The largest absolute Gasteiger partial charge is 0.383 e. The van der Waals surface area contributed by atoms with Gasteiger partial charge < -0.3 is 5.73 Å². The molecule has 88 valence electrons. The number of rotatable bonds is 2. The Morgan fingerprint density at radius 2 is 2.12 bits per heavy atom. The average molecular weight is 295 g/mol. The molecule has 0 atom stereocenters. The van der Waals surface area contributed by atoms with Crippen molar-refractivity contribution in [1.29, 1.82) is 0 Å². The highest BCUT2D eigenvalue weighted by atomic mass is 79.9. The van der Waals surface area contributed by atoms with Crippen LogP contribution in [0.1, 0.15) is 16.7 Å². The van der Waals surface area contributed by atoms with Gasteiger partial charge in [-0.15, -0.1) is 0 Å². The van der Waals surface area contributed by atoms with E-state index in [1.54, 1.807) is 12.3 Å². The molecule has 0 fully saturated rings. The van der Waals surface area contributed by atoms with Gasteiger partial charge in [0.15, 0.2) is 0 Å². The van der Waals surface area contributed by atoms with Crippen molar-refractivity contribution in [2.75, 3.05) is 5.73 Å². The van der Waals surface area contributed by atoms with Crippen LogP contribution in [-0.4, -0.2) is 4.98 Å². The fraction of sp³-hybridized carbons (Fsp3) is 0.154. The van der Waals surface area contributed by atoms with Crippen LogP contribution in [-0.2, 0) is 6.42 Å². The van der Waals surface area contributed by atoms with Crippen molar-refractivity contribution in [3.05, 3.63) is 57.4 Å². The number of aryl methyl sites for hydroxylation is 1. The van der Waals surface area contributed by atoms with Gasteiger partial charge in [-0.1, -0.05) is 18.2 Å². The predicted molar refractivity (Wildman–Crippen MR) is 70.3 cm³/mol. The molecule has 2 rings (SSSR count). The third-order valence-electron chi connectivity index (χ3n) is 2.55. The number of nitrogens with two attached hydrogens (primary N) is 1. The fourth-order valence-corrected chi connectivity index (χ4v) is 2.08. The minimum absolute atomic E-state index is 0.262. The predicted octanol–water partition coefficient (Wildman–Crippen LogP) is 3.46. The Labute approximate surface area is 108 Å². The van der Waals surface area contributed by atoms with Crippen LogP contribution >= 0.6 is 15.9 Å². The number of nitrogens with zero attached hydrogens (tertiary/aromatic N) is 1. The normalized spacial score (nSPS) is 10.5. The number of hydrogen-bond donors (Lipinski definition) is 1. The van der Waals surface area contributed by atoms with Crippen LogP contribution in [0.4, 0.5) is 10.2 Å². The first kappa shape index (κ1) is 12.0. The van der Waals surface area contributed by atoms with E-state index in [-0.39, 0.29) is 5.82 Å². The summed E-state index contributed by atoms with van der Waals surface area (Å²) in [4.78, 5) is 4.10. The lowest BCUT2D eigenvalue weighted by Gasteiger charge is -2.08. The third kappa shape index (κ3) is 2.64. The van der Waals surface area contributed by atoms with Crippen molar-refractivity contribution in [2.24, 2.45) is 0 Å². The SMILES string of the molecule is Cc1cnc(N)c(Cc2cccc(F)c2Br)c1. The summed E-state index contributed by atoms with van der Waals surface area (Å²) < 4.78 is 13.9. The van der Waals surface area contributed by atoms with Gasteiger partial charge in [0.1, 0.15) is 11.6 Å². The summed E-state index contributed by atoms with van der Waals surface area (Å²) in [5.41, 5.74) is 8.63. The van der Waals surface area contributed by atoms with E-state index in [1.165, 1.54) is 6.07 Å². The zero-order chi connectivity index (χ0) is 12.4. The summed E-state index contributed by atoms with van der Waals surface area (Å²) in [5.74, 6) is 0.230. The van der Waals surface area contributed by atoms with E-state index in [0.717, 1.165) is 16.7 Å². The maximum Gasteiger partial charge on any atom is 0.137 e. The average Bonchev–Trinajstić information content (AvgIpc) is 2.30. The minimum atomic E-state index is -0.262. The Kier molecular flexibility index (Phi) is 3.43. The summed E-state index contributed by atoms with van der Waals surface area (Å²) in [6.07, 6.45) is 2.29. The van der Waals surface area contributed by atoms with E-state index < -0.39 is 0 Å². The summed E-state index contributed by atoms with van der Waals surface area (Å²) in [5, 5.41) is 0. The molecule has 4 heteroatoms. The van der Waals surface area contributed by atoms with Crippen molar-refractivity contribution < 1.29 is 4.39 Å². The highest BCUT2D eigenvalue weighted by molar-refractivity contribution is 9.10. The van der Waals surface area contributed by atoms with Gasteiger partial charge in [-0.3, -0.25) is 0 Å². The number of benzene rings is 1. The van der Waals surface area contributed by atoms with Crippen LogP contribution < -0.4 is 5.73 Å². The van der Waals surface area contributed by atoms with E-state index >= 15 is 0 Å². The van der Waals surface area contributed by atoms with Crippen LogP contribution in [0, 0.1) is 12.7 Å². The summed E-state index contributed by atoms with van der Waals surface area (Å²) >= 11 is 3.24. The quantitative estimate of drug-likeness (QED) is 0.921. The zero-order valence-corrected chi connectivity index (χ0v) is 11.0. The first-order valence-electron chi connectivity index (χ1n) is 5.22. The van der Waals surface area contributed by atoms with E-state index in [9.17, 15) is 4.39 Å². The Morgan fingerprint density at radius 1 is 1.35 bits per heavy atom. The van der Waals surface area contributed by atoms with Gasteiger partial charge in [-0.25, -0.2) is 9.37 Å². The molecule has 1 aromatic carbocycles. The van der Waals surface area contributed by atoms with Crippen LogP contribution in [0.3, 0.4) is 0 Å². The van der Waals surface area contributed by atoms with Crippen molar-refractivity contribution in [3.8, 4) is 0 Å². The van der Waals surface area contributed by atoms with E-state index in [2.05, 4.69) is 20.9 Å². The number of halogens is 2. The molecule has 0 radical (unpaired) electrons. The monoisotopic (exact) mass is 294 g/mol. The van der Waals surface area contributed by atoms with Gasteiger partial charge in [0.05, 0.1) is 4.47 Å². The molecule has 2 aromatic rings. The van der Waals surface area contributed by atoms with Crippen LogP contribution in [0.25, 0.3) is 0 Å². The summed E-state index contributed by atoms with van der Waals surface area (Å²) in [7, 11) is 0. The lowest BCUT2D eigenvalue weighted by Crippen LogP contribution is -2.00. The molecular weight excluding hydrogens is 283 g/mol. The molecule has 0 saturated heterocycles. The van der Waals surface area contributed by atoms with Crippen molar-refractivity contribution >= 4 is 21.7 Å². The van der Waals surface area contributed by atoms with Gasteiger partial charge in [-0.05, 0) is 45.6 Å². The first-order valence-corrected chi connectivity index (χ1v) is 6.01. The molecule has 1 heterocycles. The molecule has 0 aliphatic carbocycles. The molecule has 17 heavy (non-hydrogen) atoms. The second-order valence-electron chi connectivity index (χ2n) is 3.95. The van der Waals surface area contributed by atoms with E-state index in [4.69, 9.17) is 5.73 Å². The molecule has 0 saturated carbocycles. The number of anilines is 1. The van der Waals surface area contributed by atoms with Crippen molar-refractivity contribution in [2.45, 2.75) is 13.3 Å². The van der Waals surface area contributed by atoms with Gasteiger partial charge >= 0.3 is 0 Å². The molecule has 1 aromatic heterocycles. The molecule has 0 aliphatic heterocycles. The molecule has 0 aliphatic rings. The van der Waals surface area contributed by atoms with Crippen molar-refractivity contribution in [3.63, 3.8) is 0 Å². The van der Waals surface area contributed by atoms with Gasteiger partial charge in [0.2, 0.25) is 0 Å². The molecular formula is C13H12BrFN2. The molecule has 0 amide bonds. The number of hydrogen-bond acceptors (Lipinski definition) is 2. The number of pyridine rings is 1. The summed E-state index contributed by atoms with van der Waals surface area (Å²) in [6.45, 7) is 1.95. The smallest absolute Gasteiger partial charge is 0.137 e. The Bertz CT molecular complexity index is 555. The van der Waals surface area contributed by atoms with Gasteiger partial charge in [0.25, 0.3) is 0 Å². The molecule has 0 bridgehead atoms. The fourth-order valence-electron chi connectivity index (χ4n) is 1.67. The minimum Gasteiger partial charge on any atom is -0.383 e. The van der Waals surface area contributed by atoms with E-state index in [1.807, 2.05) is 19.1 Å². The molecule has 0 spiro atoms. The van der Waals surface area contributed by atoms with Crippen LogP contribution in [0.2, 0.25) is 0 Å². The lowest BCUT2D eigenvalue weighted by molar-refractivity contribution is 0.619. The first-order chi connectivity index (χ1) is 8.08. The van der Waals surface area contributed by atoms with E-state index in [0.29, 0.717) is 16.7 Å². The van der Waals surface area contributed by atoms with Gasteiger partial charge in [-0.2, -0.15) is 0 Å². The highest BCUT2D eigenvalue weighted by Crippen LogP contribution is 2.24. The maximum absolute atomic E-state index is 13.4. The van der Waals surface area contributed by atoms with Crippen LogP contribution in [0.15, 0.2) is 34.9 Å². The molecule has 2 N–H and O–H groups in total. The Morgan fingerprint density at radius 3 is 2.88 bits per heavy atom. The Balaban J connectivity index is 2.38. The lowest BCUT2D eigenvalue weighted by atomic mass is 10.0. The van der Waals surface area contributed by atoms with Crippen LogP contribution in [0.5, 0.6) is 0 Å². The van der Waals surface area contributed by atoms with Crippen molar-refractivity contribution in [1.82, 2.24) is 4.98 Å². The highest BCUT2D eigenvalue weighted by Gasteiger charge is 2.08.